The molecule has 1 aliphatic rings. The fourth-order valence-electron chi connectivity index (χ4n) is 3.37. The van der Waals surface area contributed by atoms with Crippen LogP contribution in [0.15, 0.2) is 72.8 Å². The average molecular weight is 330 g/mol. The smallest absolute Gasteiger partial charge is 0.270 e. The van der Waals surface area contributed by atoms with E-state index >= 15 is 0 Å². The Balaban J connectivity index is 1.54. The molecule has 0 radical (unpaired) electrons. The number of hydrogen-bond acceptors (Lipinski definition) is 2. The molecule has 0 bridgehead atoms. The first-order valence-electron chi connectivity index (χ1n) is 8.36. The van der Waals surface area contributed by atoms with E-state index in [0.717, 1.165) is 16.3 Å². The third-order valence-corrected chi connectivity index (χ3v) is 4.67. The maximum atomic E-state index is 12.7. The minimum atomic E-state index is -0.251. The summed E-state index contributed by atoms with van der Waals surface area (Å²) in [4.78, 5) is 25.0. The van der Waals surface area contributed by atoms with Crippen molar-refractivity contribution in [2.24, 2.45) is 0 Å². The zero-order valence-corrected chi connectivity index (χ0v) is 13.7. The third-order valence-electron chi connectivity index (χ3n) is 4.67. The molecule has 124 valence electrons. The average Bonchev–Trinajstić information content (AvgIpc) is 3.02. The highest BCUT2D eigenvalue weighted by Gasteiger charge is 2.32. The molecule has 0 aliphatic carbocycles. The van der Waals surface area contributed by atoms with E-state index in [4.69, 9.17) is 0 Å². The lowest BCUT2D eigenvalue weighted by Crippen LogP contribution is -2.43. The molecule has 1 aliphatic heterocycles. The summed E-state index contributed by atoms with van der Waals surface area (Å²) in [5, 5.41) is 3.33. The van der Waals surface area contributed by atoms with Crippen LogP contribution in [0.5, 0.6) is 0 Å². The molecular formula is C21H18N2O2. The number of hydrazine groups is 1. The number of carbonyl (C=O) groups excluding carboxylic acids is 2. The fourth-order valence-corrected chi connectivity index (χ4v) is 3.37. The largest absolute Gasteiger partial charge is 0.273 e. The number of nitrogens with one attached hydrogen (secondary N) is 1. The van der Waals surface area contributed by atoms with Gasteiger partial charge in [-0.15, -0.1) is 0 Å². The summed E-state index contributed by atoms with van der Waals surface area (Å²) < 4.78 is 0. The van der Waals surface area contributed by atoms with E-state index in [2.05, 4.69) is 5.43 Å². The summed E-state index contributed by atoms with van der Waals surface area (Å²) >= 11 is 0. The van der Waals surface area contributed by atoms with Crippen molar-refractivity contribution in [1.82, 2.24) is 10.4 Å². The van der Waals surface area contributed by atoms with Gasteiger partial charge in [0.15, 0.2) is 0 Å². The van der Waals surface area contributed by atoms with Gasteiger partial charge in [-0.1, -0.05) is 66.7 Å². The molecule has 1 heterocycles. The lowest BCUT2D eigenvalue weighted by molar-refractivity contribution is -0.129. The molecule has 4 nitrogen and oxygen atoms in total. The van der Waals surface area contributed by atoms with Crippen molar-refractivity contribution in [3.05, 3.63) is 83.9 Å². The molecule has 1 saturated heterocycles. The van der Waals surface area contributed by atoms with Gasteiger partial charge in [0.2, 0.25) is 5.91 Å². The summed E-state index contributed by atoms with van der Waals surface area (Å²) in [6.45, 7) is 0.499. The normalized spacial score (nSPS) is 17.0. The molecule has 1 atom stereocenters. The highest BCUT2D eigenvalue weighted by Crippen LogP contribution is 2.27. The van der Waals surface area contributed by atoms with E-state index in [9.17, 15) is 9.59 Å². The second-order valence-electron chi connectivity index (χ2n) is 6.28. The predicted octanol–water partition coefficient (Wildman–Crippen LogP) is 3.50. The van der Waals surface area contributed by atoms with Crippen LogP contribution >= 0.6 is 0 Å². The number of carbonyl (C=O) groups is 2. The van der Waals surface area contributed by atoms with Gasteiger partial charge in [0.25, 0.3) is 5.91 Å². The van der Waals surface area contributed by atoms with Crippen molar-refractivity contribution >= 4 is 22.6 Å². The van der Waals surface area contributed by atoms with E-state index in [1.54, 1.807) is 6.07 Å². The summed E-state index contributed by atoms with van der Waals surface area (Å²) in [6, 6.07) is 23.3. The van der Waals surface area contributed by atoms with Crippen LogP contribution in [-0.4, -0.2) is 23.4 Å². The maximum absolute atomic E-state index is 12.7. The zero-order valence-electron chi connectivity index (χ0n) is 13.7. The van der Waals surface area contributed by atoms with Gasteiger partial charge in [-0.25, -0.2) is 0 Å². The summed E-state index contributed by atoms with van der Waals surface area (Å²) in [7, 11) is 0. The Labute approximate surface area is 146 Å². The second kappa shape index (κ2) is 6.40. The van der Waals surface area contributed by atoms with Crippen molar-refractivity contribution in [2.45, 2.75) is 12.3 Å². The van der Waals surface area contributed by atoms with E-state index < -0.39 is 0 Å². The molecule has 0 spiro atoms. The number of fused-ring (bicyclic) bond motifs is 1. The fraction of sp³-hybridized carbons (Fsp3) is 0.143. The van der Waals surface area contributed by atoms with Gasteiger partial charge < -0.3 is 0 Å². The molecule has 3 aromatic carbocycles. The first kappa shape index (κ1) is 15.4. The lowest BCUT2D eigenvalue weighted by atomic mass is 9.99. The van der Waals surface area contributed by atoms with Gasteiger partial charge in [-0.3, -0.25) is 20.0 Å². The summed E-state index contributed by atoms with van der Waals surface area (Å²) in [6.07, 6.45) is 0.416. The minimum absolute atomic E-state index is 0.0533. The summed E-state index contributed by atoms with van der Waals surface area (Å²) in [5.41, 5.74) is 4.48. The molecule has 3 aromatic rings. The second-order valence-corrected chi connectivity index (χ2v) is 6.28. The van der Waals surface area contributed by atoms with Crippen LogP contribution in [0.1, 0.15) is 28.3 Å². The van der Waals surface area contributed by atoms with E-state index in [1.165, 1.54) is 5.01 Å². The SMILES string of the molecule is O=C(NN1CC(c2ccccc2)CC1=O)c1cccc2ccccc12. The molecule has 4 heteroatoms. The monoisotopic (exact) mass is 330 g/mol. The van der Waals surface area contributed by atoms with Gasteiger partial charge in [-0.05, 0) is 22.4 Å². The highest BCUT2D eigenvalue weighted by molar-refractivity contribution is 6.07. The minimum Gasteiger partial charge on any atom is -0.273 e. The molecule has 4 rings (SSSR count). The van der Waals surface area contributed by atoms with Gasteiger partial charge in [0.1, 0.15) is 0 Å². The predicted molar refractivity (Wildman–Crippen MR) is 96.9 cm³/mol. The quantitative estimate of drug-likeness (QED) is 0.799. The Kier molecular flexibility index (Phi) is 3.94. The lowest BCUT2D eigenvalue weighted by Gasteiger charge is -2.18. The maximum Gasteiger partial charge on any atom is 0.270 e. The Morgan fingerprint density at radius 2 is 1.64 bits per heavy atom. The number of nitrogens with zero attached hydrogens (tertiary/aromatic N) is 1. The molecule has 0 saturated carbocycles. The first-order valence-corrected chi connectivity index (χ1v) is 8.36. The van der Waals surface area contributed by atoms with Gasteiger partial charge in [-0.2, -0.15) is 0 Å². The molecule has 1 fully saturated rings. The first-order chi connectivity index (χ1) is 12.2. The Bertz CT molecular complexity index is 932. The van der Waals surface area contributed by atoms with Gasteiger partial charge in [0, 0.05) is 24.4 Å². The van der Waals surface area contributed by atoms with Crippen molar-refractivity contribution in [1.29, 1.82) is 0 Å². The van der Waals surface area contributed by atoms with Crippen LogP contribution in [0.2, 0.25) is 0 Å². The zero-order chi connectivity index (χ0) is 17.2. The Hall–Kier alpha value is -3.14. The molecule has 25 heavy (non-hydrogen) atoms. The van der Waals surface area contributed by atoms with Crippen LogP contribution in [0, 0.1) is 0 Å². The van der Waals surface area contributed by atoms with Crippen LogP contribution in [0.25, 0.3) is 10.8 Å². The number of hydrogen-bond donors (Lipinski definition) is 1. The molecule has 2 amide bonds. The summed E-state index contributed by atoms with van der Waals surface area (Å²) in [5.74, 6) is -0.192. The number of benzene rings is 3. The molecular weight excluding hydrogens is 312 g/mol. The van der Waals surface area contributed by atoms with E-state index in [-0.39, 0.29) is 17.7 Å². The Morgan fingerprint density at radius 3 is 2.48 bits per heavy atom. The highest BCUT2D eigenvalue weighted by atomic mass is 16.2. The van der Waals surface area contributed by atoms with Crippen LogP contribution in [-0.2, 0) is 4.79 Å². The van der Waals surface area contributed by atoms with Crippen molar-refractivity contribution < 1.29 is 9.59 Å². The number of rotatable bonds is 3. The standard InChI is InChI=1S/C21H18N2O2/c24-20-13-17(15-7-2-1-3-8-15)14-23(20)22-21(25)19-12-6-10-16-9-4-5-11-18(16)19/h1-12,17H,13-14H2,(H,22,25). The third kappa shape index (κ3) is 2.98. The van der Waals surface area contributed by atoms with Crippen molar-refractivity contribution in [2.75, 3.05) is 6.54 Å². The van der Waals surface area contributed by atoms with Crippen molar-refractivity contribution in [3.63, 3.8) is 0 Å². The topological polar surface area (TPSA) is 49.4 Å². The van der Waals surface area contributed by atoms with Crippen molar-refractivity contribution in [3.8, 4) is 0 Å². The Morgan fingerprint density at radius 1 is 0.920 bits per heavy atom. The number of amides is 2. The van der Waals surface area contributed by atoms with Gasteiger partial charge >= 0.3 is 0 Å². The van der Waals surface area contributed by atoms with Crippen LogP contribution in [0.4, 0.5) is 0 Å². The van der Waals surface area contributed by atoms with Gasteiger partial charge in [0.05, 0.1) is 0 Å². The van der Waals surface area contributed by atoms with Crippen LogP contribution in [0.3, 0.4) is 0 Å². The molecule has 0 aromatic heterocycles. The van der Waals surface area contributed by atoms with E-state index in [0.29, 0.717) is 18.5 Å². The molecule has 1 unspecified atom stereocenters. The van der Waals surface area contributed by atoms with E-state index in [1.807, 2.05) is 66.7 Å². The molecule has 1 N–H and O–H groups in total. The van der Waals surface area contributed by atoms with Crippen LogP contribution < -0.4 is 5.43 Å².